The number of piperazine rings is 1. The summed E-state index contributed by atoms with van der Waals surface area (Å²) in [5, 5.41) is 20.4. The van der Waals surface area contributed by atoms with Crippen molar-refractivity contribution < 1.29 is 9.90 Å². The molecule has 214 valence electrons. The van der Waals surface area contributed by atoms with Crippen LogP contribution in [0.1, 0.15) is 49.3 Å². The number of aliphatic hydroxyl groups is 1. The quantitative estimate of drug-likeness (QED) is 0.508. The number of hydrogen-bond donors (Lipinski definition) is 2. The molecule has 1 spiro atoms. The van der Waals surface area contributed by atoms with E-state index in [1.54, 1.807) is 0 Å². The first kappa shape index (κ1) is 26.2. The average molecular weight is 554 g/mol. The van der Waals surface area contributed by atoms with E-state index in [-0.39, 0.29) is 17.5 Å². The minimum Gasteiger partial charge on any atom is -0.387 e. The maximum absolute atomic E-state index is 14.0. The van der Waals surface area contributed by atoms with Crippen molar-refractivity contribution >= 4 is 18.2 Å². The van der Waals surface area contributed by atoms with E-state index in [4.69, 9.17) is 4.99 Å². The van der Waals surface area contributed by atoms with E-state index in [0.717, 1.165) is 61.4 Å². The number of hydrogen-bond acceptors (Lipinski definition) is 6. The van der Waals surface area contributed by atoms with Crippen LogP contribution in [-0.2, 0) is 6.54 Å². The second-order valence-electron chi connectivity index (χ2n) is 12.2. The number of para-hydroxylation sites is 1. The van der Waals surface area contributed by atoms with Gasteiger partial charge in [0.05, 0.1) is 29.9 Å². The Bertz CT molecular complexity index is 1400. The summed E-state index contributed by atoms with van der Waals surface area (Å²) in [7, 11) is 0. The summed E-state index contributed by atoms with van der Waals surface area (Å²) in [6.07, 6.45) is 8.39. The molecule has 0 radical (unpaired) electrons. The van der Waals surface area contributed by atoms with Crippen LogP contribution in [-0.4, -0.2) is 86.8 Å². The number of benzene rings is 2. The van der Waals surface area contributed by atoms with Crippen molar-refractivity contribution in [1.82, 2.24) is 29.8 Å². The predicted octanol–water partition coefficient (Wildman–Crippen LogP) is 4.11. The summed E-state index contributed by atoms with van der Waals surface area (Å²) in [5.74, 6) is 0.847. The lowest BCUT2D eigenvalue weighted by atomic mass is 9.65. The second kappa shape index (κ2) is 10.6. The van der Waals surface area contributed by atoms with Crippen molar-refractivity contribution in [2.45, 2.75) is 50.3 Å². The zero-order chi connectivity index (χ0) is 27.9. The van der Waals surface area contributed by atoms with Crippen molar-refractivity contribution in [3.05, 3.63) is 78.0 Å². The monoisotopic (exact) mass is 553 g/mol. The summed E-state index contributed by atoms with van der Waals surface area (Å²) >= 11 is 0. The molecule has 4 aliphatic rings. The van der Waals surface area contributed by atoms with Gasteiger partial charge in [-0.2, -0.15) is 5.10 Å². The number of amides is 2. The van der Waals surface area contributed by atoms with E-state index < -0.39 is 5.60 Å². The minimum absolute atomic E-state index is 0.0216. The first-order chi connectivity index (χ1) is 20.1. The molecular weight excluding hydrogens is 514 g/mol. The standard InChI is InChI=1S/C32H39N7O2/c40-30(38-18-16-33-20-28(38)25-9-3-1-4-10-25)37-17-15-32(41,31(22-37)13-7-8-14-31)23-36-21-26-19-35-39(29(26)34-24-36)27-11-5-2-6-12-27/h1-6,9-12,19,24,28,33,41H,7-8,13-18,20-23H2/t28-,32?/m0/s1. The van der Waals surface area contributed by atoms with Gasteiger partial charge in [-0.1, -0.05) is 61.4 Å². The third kappa shape index (κ3) is 4.71. The van der Waals surface area contributed by atoms with Crippen LogP contribution in [0.15, 0.2) is 71.9 Å². The normalized spacial score (nSPS) is 25.5. The van der Waals surface area contributed by atoms with Crippen LogP contribution in [0.25, 0.3) is 5.69 Å². The van der Waals surface area contributed by atoms with Crippen molar-refractivity contribution in [2.24, 2.45) is 10.4 Å². The van der Waals surface area contributed by atoms with Crippen LogP contribution in [0.3, 0.4) is 0 Å². The molecule has 2 saturated heterocycles. The zero-order valence-corrected chi connectivity index (χ0v) is 23.5. The Morgan fingerprint density at radius 1 is 1.00 bits per heavy atom. The molecule has 2 N–H and O–H groups in total. The van der Waals surface area contributed by atoms with E-state index in [9.17, 15) is 9.90 Å². The molecule has 3 fully saturated rings. The molecule has 1 aromatic heterocycles. The van der Waals surface area contributed by atoms with Gasteiger partial charge in [0.1, 0.15) is 0 Å². The van der Waals surface area contributed by atoms with Crippen LogP contribution in [0.2, 0.25) is 0 Å². The van der Waals surface area contributed by atoms with Gasteiger partial charge in [0.25, 0.3) is 0 Å². The number of aliphatic imine (C=N–C) groups is 1. The van der Waals surface area contributed by atoms with E-state index in [1.165, 1.54) is 0 Å². The fraction of sp³-hybridized carbons (Fsp3) is 0.469. The van der Waals surface area contributed by atoms with E-state index >= 15 is 0 Å². The maximum Gasteiger partial charge on any atom is 0.320 e. The fourth-order valence-electron chi connectivity index (χ4n) is 7.56. The van der Waals surface area contributed by atoms with Crippen molar-refractivity contribution in [3.8, 4) is 5.69 Å². The van der Waals surface area contributed by atoms with E-state index in [1.807, 2.05) is 75.5 Å². The summed E-state index contributed by atoms with van der Waals surface area (Å²) < 4.78 is 1.87. The summed E-state index contributed by atoms with van der Waals surface area (Å²) in [5.41, 5.74) is 2.01. The molecule has 1 aliphatic carbocycles. The Labute approximate surface area is 241 Å². The fourth-order valence-corrected chi connectivity index (χ4v) is 7.56. The summed E-state index contributed by atoms with van der Waals surface area (Å²) in [4.78, 5) is 25.0. The van der Waals surface area contributed by atoms with Gasteiger partial charge in [0.15, 0.2) is 5.82 Å². The second-order valence-corrected chi connectivity index (χ2v) is 12.2. The Hall–Kier alpha value is -3.69. The van der Waals surface area contributed by atoms with Gasteiger partial charge in [0, 0.05) is 56.8 Å². The van der Waals surface area contributed by atoms with Gasteiger partial charge in [-0.25, -0.2) is 14.5 Å². The van der Waals surface area contributed by atoms with Gasteiger partial charge in [-0.05, 0) is 37.0 Å². The van der Waals surface area contributed by atoms with Crippen LogP contribution in [0.4, 0.5) is 10.6 Å². The number of carbonyl (C=O) groups is 1. The zero-order valence-electron chi connectivity index (χ0n) is 23.5. The molecule has 9 nitrogen and oxygen atoms in total. The van der Waals surface area contributed by atoms with Gasteiger partial charge in [-0.15, -0.1) is 0 Å². The molecule has 7 rings (SSSR count). The van der Waals surface area contributed by atoms with Gasteiger partial charge in [0.2, 0.25) is 0 Å². The molecule has 41 heavy (non-hydrogen) atoms. The van der Waals surface area contributed by atoms with E-state index in [2.05, 4.69) is 27.4 Å². The summed E-state index contributed by atoms with van der Waals surface area (Å²) in [6.45, 7) is 4.59. The van der Waals surface area contributed by atoms with E-state index in [0.29, 0.717) is 39.1 Å². The number of piperidine rings is 1. The number of nitrogens with zero attached hydrogens (tertiary/aromatic N) is 6. The smallest absolute Gasteiger partial charge is 0.320 e. The molecule has 4 heterocycles. The molecule has 3 aliphatic heterocycles. The number of rotatable bonds is 4. The topological polar surface area (TPSA) is 89.2 Å². The highest BCUT2D eigenvalue weighted by Gasteiger charge is 2.56. The third-order valence-corrected chi connectivity index (χ3v) is 9.78. The highest BCUT2D eigenvalue weighted by atomic mass is 16.3. The number of β-amino-alcohol motifs (C(OH)–C–C–N with tert-alkyl or cyclic N) is 1. The van der Waals surface area contributed by atoms with Gasteiger partial charge < -0.3 is 25.1 Å². The lowest BCUT2D eigenvalue weighted by molar-refractivity contribution is -0.134. The number of aromatic nitrogens is 2. The number of fused-ring (bicyclic) bond motifs is 1. The van der Waals surface area contributed by atoms with Crippen LogP contribution >= 0.6 is 0 Å². The third-order valence-electron chi connectivity index (χ3n) is 9.78. The molecule has 1 saturated carbocycles. The van der Waals surface area contributed by atoms with Crippen LogP contribution < -0.4 is 5.32 Å². The van der Waals surface area contributed by atoms with Crippen LogP contribution in [0.5, 0.6) is 0 Å². The Kier molecular flexibility index (Phi) is 6.79. The Morgan fingerprint density at radius 2 is 1.76 bits per heavy atom. The Balaban J connectivity index is 1.08. The number of urea groups is 1. The predicted molar refractivity (Wildman–Crippen MR) is 158 cm³/mol. The lowest BCUT2D eigenvalue weighted by Gasteiger charge is -2.54. The Morgan fingerprint density at radius 3 is 2.54 bits per heavy atom. The van der Waals surface area contributed by atoms with Crippen LogP contribution in [0, 0.1) is 5.41 Å². The van der Waals surface area contributed by atoms with Gasteiger partial charge in [-0.3, -0.25) is 0 Å². The lowest BCUT2D eigenvalue weighted by Crippen LogP contribution is -2.65. The molecule has 3 aromatic rings. The maximum atomic E-state index is 14.0. The van der Waals surface area contributed by atoms with Gasteiger partial charge >= 0.3 is 6.03 Å². The molecule has 2 amide bonds. The SMILES string of the molecule is O=C(N1CCC(O)(CN2C=Nc3c(cnn3-c3ccccc3)C2)C2(CCCC2)C1)N1CCNC[C@H]1c1ccccc1. The van der Waals surface area contributed by atoms with Crippen molar-refractivity contribution in [3.63, 3.8) is 0 Å². The largest absolute Gasteiger partial charge is 0.387 e. The number of carbonyl (C=O) groups excluding carboxylic acids is 1. The first-order valence-corrected chi connectivity index (χ1v) is 15.0. The molecule has 0 bridgehead atoms. The highest BCUT2D eigenvalue weighted by Crippen LogP contribution is 2.51. The first-order valence-electron chi connectivity index (χ1n) is 15.0. The molecule has 2 atom stereocenters. The van der Waals surface area contributed by atoms with Crippen molar-refractivity contribution in [1.29, 1.82) is 0 Å². The molecular formula is C32H39N7O2. The molecule has 1 unspecified atom stereocenters. The molecule has 2 aromatic carbocycles. The summed E-state index contributed by atoms with van der Waals surface area (Å²) in [6, 6.07) is 20.5. The minimum atomic E-state index is -0.887. The highest BCUT2D eigenvalue weighted by molar-refractivity contribution is 5.75. The van der Waals surface area contributed by atoms with Crippen molar-refractivity contribution in [2.75, 3.05) is 39.3 Å². The number of nitrogens with one attached hydrogen (secondary N) is 1. The molecule has 9 heteroatoms. The average Bonchev–Trinajstić information content (AvgIpc) is 3.67. The number of likely N-dealkylation sites (tertiary alicyclic amines) is 1.